The second-order valence-electron chi connectivity index (χ2n) is 4.40. The van der Waals surface area contributed by atoms with Crippen LogP contribution in [0, 0.1) is 12.8 Å². The summed E-state index contributed by atoms with van der Waals surface area (Å²) in [6.45, 7) is 2.55. The Morgan fingerprint density at radius 3 is 2.94 bits per heavy atom. The normalized spacial score (nSPS) is 17.1. The lowest BCUT2D eigenvalue weighted by atomic mass is 10.1. The molecule has 0 amide bonds. The monoisotopic (exact) mass is 220 g/mol. The van der Waals surface area contributed by atoms with Crippen LogP contribution in [0.3, 0.4) is 0 Å². The van der Waals surface area contributed by atoms with Gasteiger partial charge in [-0.3, -0.25) is 9.78 Å². The molecule has 0 saturated heterocycles. The quantitative estimate of drug-likeness (QED) is 0.786. The first-order valence-corrected chi connectivity index (χ1v) is 5.53. The highest BCUT2D eigenvalue weighted by molar-refractivity contribution is 5.74. The van der Waals surface area contributed by atoms with Crippen LogP contribution in [-0.4, -0.2) is 22.1 Å². The lowest BCUT2D eigenvalue weighted by molar-refractivity contribution is -0.140. The van der Waals surface area contributed by atoms with Gasteiger partial charge in [-0.15, -0.1) is 0 Å². The van der Waals surface area contributed by atoms with Crippen molar-refractivity contribution < 1.29 is 9.90 Å². The number of carboxylic acid groups (broad SMARTS) is 1. The summed E-state index contributed by atoms with van der Waals surface area (Å²) in [6, 6.07) is 1.62. The number of hydrogen-bond acceptors (Lipinski definition) is 3. The molecule has 1 aliphatic rings. The number of hydrogen-bond donors (Lipinski definition) is 2. The summed E-state index contributed by atoms with van der Waals surface area (Å²) in [6.07, 6.45) is 5.61. The SMILES string of the molecule is Cc1cncc(CNC(C(=O)O)C2CC2)c1. The molecule has 0 bridgehead atoms. The Balaban J connectivity index is 1.92. The molecule has 0 aromatic carbocycles. The van der Waals surface area contributed by atoms with E-state index in [-0.39, 0.29) is 0 Å². The first kappa shape index (κ1) is 11.1. The van der Waals surface area contributed by atoms with Crippen molar-refractivity contribution in [1.29, 1.82) is 0 Å². The van der Waals surface area contributed by atoms with E-state index in [1.807, 2.05) is 13.0 Å². The van der Waals surface area contributed by atoms with Gasteiger partial charge in [0, 0.05) is 18.9 Å². The van der Waals surface area contributed by atoms with E-state index >= 15 is 0 Å². The zero-order chi connectivity index (χ0) is 11.5. The molecule has 2 N–H and O–H groups in total. The fourth-order valence-electron chi connectivity index (χ4n) is 1.83. The molecule has 0 aliphatic heterocycles. The zero-order valence-corrected chi connectivity index (χ0v) is 9.31. The van der Waals surface area contributed by atoms with Crippen LogP contribution >= 0.6 is 0 Å². The van der Waals surface area contributed by atoms with Gasteiger partial charge in [0.1, 0.15) is 6.04 Å². The number of rotatable bonds is 5. The van der Waals surface area contributed by atoms with Crippen molar-refractivity contribution in [2.24, 2.45) is 5.92 Å². The number of aromatic nitrogens is 1. The van der Waals surface area contributed by atoms with Gasteiger partial charge in [-0.25, -0.2) is 0 Å². The Morgan fingerprint density at radius 1 is 1.62 bits per heavy atom. The highest BCUT2D eigenvalue weighted by Crippen LogP contribution is 2.32. The maximum Gasteiger partial charge on any atom is 0.320 e. The van der Waals surface area contributed by atoms with E-state index in [0.29, 0.717) is 12.5 Å². The Kier molecular flexibility index (Phi) is 3.19. The van der Waals surface area contributed by atoms with Crippen LogP contribution in [0.1, 0.15) is 24.0 Å². The molecular weight excluding hydrogens is 204 g/mol. The first-order valence-electron chi connectivity index (χ1n) is 5.53. The van der Waals surface area contributed by atoms with E-state index in [2.05, 4.69) is 10.3 Å². The summed E-state index contributed by atoms with van der Waals surface area (Å²) in [5, 5.41) is 12.1. The van der Waals surface area contributed by atoms with Gasteiger partial charge in [0.2, 0.25) is 0 Å². The lowest BCUT2D eigenvalue weighted by Crippen LogP contribution is -2.38. The Morgan fingerprint density at radius 2 is 2.38 bits per heavy atom. The lowest BCUT2D eigenvalue weighted by Gasteiger charge is -2.13. The molecule has 1 heterocycles. The molecule has 0 radical (unpaired) electrons. The first-order chi connectivity index (χ1) is 7.66. The number of carbonyl (C=O) groups is 1. The third kappa shape index (κ3) is 2.79. The topological polar surface area (TPSA) is 62.2 Å². The number of aliphatic carboxylic acids is 1. The number of carboxylic acids is 1. The minimum Gasteiger partial charge on any atom is -0.480 e. The average molecular weight is 220 g/mol. The second kappa shape index (κ2) is 4.61. The van der Waals surface area contributed by atoms with Gasteiger partial charge in [0.05, 0.1) is 0 Å². The molecule has 4 nitrogen and oxygen atoms in total. The molecule has 2 rings (SSSR count). The van der Waals surface area contributed by atoms with Crippen molar-refractivity contribution >= 4 is 5.97 Å². The predicted molar refractivity (Wildman–Crippen MR) is 60.0 cm³/mol. The van der Waals surface area contributed by atoms with E-state index in [9.17, 15) is 4.79 Å². The van der Waals surface area contributed by atoms with Crippen LogP contribution in [0.4, 0.5) is 0 Å². The highest BCUT2D eigenvalue weighted by Gasteiger charge is 2.35. The molecule has 4 heteroatoms. The van der Waals surface area contributed by atoms with Crippen molar-refractivity contribution in [2.45, 2.75) is 32.4 Å². The van der Waals surface area contributed by atoms with E-state index in [4.69, 9.17) is 5.11 Å². The molecule has 1 aromatic rings. The van der Waals surface area contributed by atoms with E-state index in [0.717, 1.165) is 24.0 Å². The number of nitrogens with one attached hydrogen (secondary N) is 1. The Hall–Kier alpha value is -1.42. The molecule has 1 unspecified atom stereocenters. The number of aryl methyl sites for hydroxylation is 1. The molecule has 1 atom stereocenters. The summed E-state index contributed by atoms with van der Waals surface area (Å²) in [5.74, 6) is -0.432. The summed E-state index contributed by atoms with van der Waals surface area (Å²) in [4.78, 5) is 15.1. The smallest absolute Gasteiger partial charge is 0.320 e. The van der Waals surface area contributed by atoms with E-state index < -0.39 is 12.0 Å². The molecule has 1 fully saturated rings. The van der Waals surface area contributed by atoms with Crippen LogP contribution in [0.25, 0.3) is 0 Å². The number of nitrogens with zero attached hydrogens (tertiary/aromatic N) is 1. The molecular formula is C12H16N2O2. The molecule has 1 saturated carbocycles. The molecule has 86 valence electrons. The molecule has 1 aromatic heterocycles. The van der Waals surface area contributed by atoms with Gasteiger partial charge in [-0.2, -0.15) is 0 Å². The van der Waals surface area contributed by atoms with Gasteiger partial charge >= 0.3 is 5.97 Å². The van der Waals surface area contributed by atoms with E-state index in [1.54, 1.807) is 12.4 Å². The second-order valence-corrected chi connectivity index (χ2v) is 4.40. The Bertz CT molecular complexity index is 388. The van der Waals surface area contributed by atoms with Gasteiger partial charge < -0.3 is 10.4 Å². The standard InChI is InChI=1S/C12H16N2O2/c1-8-4-9(6-13-5-8)7-14-11(12(15)16)10-2-3-10/h4-6,10-11,14H,2-3,7H2,1H3,(H,15,16). The van der Waals surface area contributed by atoms with Crippen LogP contribution in [-0.2, 0) is 11.3 Å². The van der Waals surface area contributed by atoms with Crippen LogP contribution < -0.4 is 5.32 Å². The summed E-state index contributed by atoms with van der Waals surface area (Å²) in [7, 11) is 0. The maximum absolute atomic E-state index is 11.0. The van der Waals surface area contributed by atoms with Crippen LogP contribution in [0.15, 0.2) is 18.5 Å². The van der Waals surface area contributed by atoms with Crippen LogP contribution in [0.5, 0.6) is 0 Å². The van der Waals surface area contributed by atoms with Crippen molar-refractivity contribution in [1.82, 2.24) is 10.3 Å². The van der Waals surface area contributed by atoms with Crippen molar-refractivity contribution in [2.75, 3.05) is 0 Å². The third-order valence-corrected chi connectivity index (χ3v) is 2.82. The summed E-state index contributed by atoms with van der Waals surface area (Å²) in [5.41, 5.74) is 2.13. The number of pyridine rings is 1. The minimum atomic E-state index is -0.747. The molecule has 1 aliphatic carbocycles. The van der Waals surface area contributed by atoms with Crippen molar-refractivity contribution in [3.63, 3.8) is 0 Å². The van der Waals surface area contributed by atoms with Crippen molar-refractivity contribution in [3.05, 3.63) is 29.6 Å². The summed E-state index contributed by atoms with van der Waals surface area (Å²) < 4.78 is 0. The largest absolute Gasteiger partial charge is 0.480 e. The molecule has 0 spiro atoms. The Labute approximate surface area is 94.7 Å². The molecule has 16 heavy (non-hydrogen) atoms. The van der Waals surface area contributed by atoms with E-state index in [1.165, 1.54) is 0 Å². The predicted octanol–water partition coefficient (Wildman–Crippen LogP) is 1.34. The summed E-state index contributed by atoms with van der Waals surface area (Å²) >= 11 is 0. The fourth-order valence-corrected chi connectivity index (χ4v) is 1.83. The minimum absolute atomic E-state index is 0.315. The average Bonchev–Trinajstić information content (AvgIpc) is 3.02. The van der Waals surface area contributed by atoms with Gasteiger partial charge in [-0.1, -0.05) is 6.07 Å². The fraction of sp³-hybridized carbons (Fsp3) is 0.500. The zero-order valence-electron chi connectivity index (χ0n) is 9.31. The van der Waals surface area contributed by atoms with Gasteiger partial charge in [0.15, 0.2) is 0 Å². The maximum atomic E-state index is 11.0. The van der Waals surface area contributed by atoms with Crippen LogP contribution in [0.2, 0.25) is 0 Å². The van der Waals surface area contributed by atoms with Gasteiger partial charge in [-0.05, 0) is 36.8 Å². The van der Waals surface area contributed by atoms with Gasteiger partial charge in [0.25, 0.3) is 0 Å². The highest BCUT2D eigenvalue weighted by atomic mass is 16.4. The third-order valence-electron chi connectivity index (χ3n) is 2.82. The van der Waals surface area contributed by atoms with Crippen molar-refractivity contribution in [3.8, 4) is 0 Å².